The highest BCUT2D eigenvalue weighted by Crippen LogP contribution is 2.10. The molecular weight excluding hydrogens is 124 g/mol. The van der Waals surface area contributed by atoms with Crippen molar-refractivity contribution >= 4 is 0 Å². The molecule has 0 aliphatic carbocycles. The number of allylic oxidation sites excluding steroid dienone is 2. The van der Waals surface area contributed by atoms with Crippen molar-refractivity contribution < 1.29 is 5.11 Å². The Morgan fingerprint density at radius 1 is 1.60 bits per heavy atom. The summed E-state index contributed by atoms with van der Waals surface area (Å²) in [7, 11) is 0. The minimum atomic E-state index is -0.462. The number of aliphatic hydroxyl groups is 1. The van der Waals surface area contributed by atoms with E-state index in [4.69, 9.17) is 5.11 Å². The first kappa shape index (κ1) is 9.18. The summed E-state index contributed by atoms with van der Waals surface area (Å²) in [6.45, 7) is 10.8. The fourth-order valence-corrected chi connectivity index (χ4v) is 0.613. The summed E-state index contributed by atoms with van der Waals surface area (Å²) in [6.07, 6.45) is 3.05. The van der Waals surface area contributed by atoms with Crippen LogP contribution in [0.5, 0.6) is 0 Å². The normalized spacial score (nSPS) is 14.5. The average Bonchev–Trinajstić information content (AvgIpc) is 1.87. The molecule has 0 rings (SSSR count). The van der Waals surface area contributed by atoms with Crippen LogP contribution in [0.1, 0.15) is 13.8 Å². The fraction of sp³-hybridized carbons (Fsp3) is 0.333. The van der Waals surface area contributed by atoms with Crippen LogP contribution in [-0.2, 0) is 0 Å². The first-order chi connectivity index (χ1) is 4.59. The highest BCUT2D eigenvalue weighted by molar-refractivity contribution is 5.31. The standard InChI is InChI=1S/C9H14O/c1-5-6-7(2)8(3)9(4)10/h5-6,9-10H,1,3H2,2,4H3/b7-6-. The first-order valence-electron chi connectivity index (χ1n) is 3.26. The number of aliphatic hydroxyl groups excluding tert-OH is 1. The van der Waals surface area contributed by atoms with E-state index < -0.39 is 6.10 Å². The molecule has 1 unspecified atom stereocenters. The molecular formula is C9H14O. The summed E-state index contributed by atoms with van der Waals surface area (Å²) in [5, 5.41) is 9.04. The van der Waals surface area contributed by atoms with E-state index >= 15 is 0 Å². The Morgan fingerprint density at radius 2 is 2.10 bits per heavy atom. The third kappa shape index (κ3) is 2.65. The zero-order valence-corrected chi connectivity index (χ0v) is 6.59. The molecule has 1 heteroatoms. The Labute approximate surface area is 62.4 Å². The van der Waals surface area contributed by atoms with E-state index in [0.29, 0.717) is 0 Å². The zero-order chi connectivity index (χ0) is 8.15. The SMILES string of the molecule is C=C/C=C(/C)C(=C)C(C)O. The van der Waals surface area contributed by atoms with Gasteiger partial charge < -0.3 is 5.11 Å². The van der Waals surface area contributed by atoms with E-state index in [9.17, 15) is 0 Å². The molecule has 1 N–H and O–H groups in total. The van der Waals surface area contributed by atoms with Crippen LogP contribution in [0.15, 0.2) is 36.5 Å². The van der Waals surface area contributed by atoms with E-state index in [2.05, 4.69) is 13.2 Å². The number of rotatable bonds is 3. The summed E-state index contributed by atoms with van der Waals surface area (Å²) in [5.74, 6) is 0. The molecule has 0 saturated heterocycles. The van der Waals surface area contributed by atoms with Gasteiger partial charge >= 0.3 is 0 Å². The second-order valence-electron chi connectivity index (χ2n) is 2.29. The lowest BCUT2D eigenvalue weighted by Gasteiger charge is -2.07. The van der Waals surface area contributed by atoms with Gasteiger partial charge in [0.25, 0.3) is 0 Å². The van der Waals surface area contributed by atoms with Crippen molar-refractivity contribution in [3.63, 3.8) is 0 Å². The van der Waals surface area contributed by atoms with E-state index in [1.807, 2.05) is 13.0 Å². The van der Waals surface area contributed by atoms with E-state index in [0.717, 1.165) is 11.1 Å². The molecule has 0 radical (unpaired) electrons. The molecule has 0 spiro atoms. The average molecular weight is 138 g/mol. The Balaban J connectivity index is 4.21. The van der Waals surface area contributed by atoms with Crippen LogP contribution in [0, 0.1) is 0 Å². The molecule has 1 nitrogen and oxygen atoms in total. The highest BCUT2D eigenvalue weighted by atomic mass is 16.3. The minimum absolute atomic E-state index is 0.462. The second-order valence-corrected chi connectivity index (χ2v) is 2.29. The largest absolute Gasteiger partial charge is 0.389 e. The highest BCUT2D eigenvalue weighted by Gasteiger charge is 2.01. The Morgan fingerprint density at radius 3 is 2.40 bits per heavy atom. The quantitative estimate of drug-likeness (QED) is 0.592. The lowest BCUT2D eigenvalue weighted by atomic mass is 10.1. The molecule has 0 aromatic carbocycles. The van der Waals surface area contributed by atoms with Crippen molar-refractivity contribution in [3.8, 4) is 0 Å². The van der Waals surface area contributed by atoms with E-state index in [1.54, 1.807) is 13.0 Å². The van der Waals surface area contributed by atoms with Gasteiger partial charge in [0, 0.05) is 0 Å². The Hall–Kier alpha value is -0.820. The van der Waals surface area contributed by atoms with Crippen molar-refractivity contribution in [1.29, 1.82) is 0 Å². The van der Waals surface area contributed by atoms with Gasteiger partial charge in [-0.15, -0.1) is 0 Å². The smallest absolute Gasteiger partial charge is 0.0758 e. The number of hydrogen-bond acceptors (Lipinski definition) is 1. The monoisotopic (exact) mass is 138 g/mol. The van der Waals surface area contributed by atoms with Gasteiger partial charge in [-0.2, -0.15) is 0 Å². The molecule has 0 bridgehead atoms. The molecule has 0 aliphatic rings. The van der Waals surface area contributed by atoms with Crippen molar-refractivity contribution in [2.45, 2.75) is 20.0 Å². The summed E-state index contributed by atoms with van der Waals surface area (Å²) < 4.78 is 0. The summed E-state index contributed by atoms with van der Waals surface area (Å²) in [6, 6.07) is 0. The predicted octanol–water partition coefficient (Wildman–Crippen LogP) is 2.06. The van der Waals surface area contributed by atoms with E-state index in [1.165, 1.54) is 0 Å². The maximum absolute atomic E-state index is 9.04. The first-order valence-corrected chi connectivity index (χ1v) is 3.26. The molecule has 0 amide bonds. The molecule has 0 aromatic heterocycles. The van der Waals surface area contributed by atoms with Crippen molar-refractivity contribution in [2.75, 3.05) is 0 Å². The fourth-order valence-electron chi connectivity index (χ4n) is 0.613. The topological polar surface area (TPSA) is 20.2 Å². The predicted molar refractivity (Wildman–Crippen MR) is 44.8 cm³/mol. The van der Waals surface area contributed by atoms with Crippen LogP contribution in [0.2, 0.25) is 0 Å². The van der Waals surface area contributed by atoms with Crippen LogP contribution in [0.3, 0.4) is 0 Å². The van der Waals surface area contributed by atoms with Crippen LogP contribution in [-0.4, -0.2) is 11.2 Å². The van der Waals surface area contributed by atoms with Crippen molar-refractivity contribution in [2.24, 2.45) is 0 Å². The molecule has 0 heterocycles. The van der Waals surface area contributed by atoms with Gasteiger partial charge in [0.1, 0.15) is 0 Å². The summed E-state index contributed by atoms with van der Waals surface area (Å²) in [4.78, 5) is 0. The van der Waals surface area contributed by atoms with Crippen molar-refractivity contribution in [1.82, 2.24) is 0 Å². The number of hydrogen-bond donors (Lipinski definition) is 1. The molecule has 0 saturated carbocycles. The second kappa shape index (κ2) is 4.07. The van der Waals surface area contributed by atoms with Gasteiger partial charge in [-0.25, -0.2) is 0 Å². The molecule has 1 atom stereocenters. The molecule has 0 fully saturated rings. The van der Waals surface area contributed by atoms with Gasteiger partial charge in [0.05, 0.1) is 6.10 Å². The van der Waals surface area contributed by atoms with Crippen LogP contribution in [0.25, 0.3) is 0 Å². The van der Waals surface area contributed by atoms with Crippen LogP contribution >= 0.6 is 0 Å². The lowest BCUT2D eigenvalue weighted by molar-refractivity contribution is 0.234. The van der Waals surface area contributed by atoms with Gasteiger partial charge in [-0.05, 0) is 25.0 Å². The molecule has 0 aliphatic heterocycles. The third-order valence-corrected chi connectivity index (χ3v) is 1.38. The maximum atomic E-state index is 9.04. The summed E-state index contributed by atoms with van der Waals surface area (Å²) >= 11 is 0. The van der Waals surface area contributed by atoms with Gasteiger partial charge in [0.2, 0.25) is 0 Å². The molecule has 10 heavy (non-hydrogen) atoms. The maximum Gasteiger partial charge on any atom is 0.0758 e. The third-order valence-electron chi connectivity index (χ3n) is 1.38. The van der Waals surface area contributed by atoms with Gasteiger partial charge in [-0.1, -0.05) is 25.3 Å². The summed E-state index contributed by atoms with van der Waals surface area (Å²) in [5.41, 5.74) is 1.73. The molecule has 56 valence electrons. The van der Waals surface area contributed by atoms with Gasteiger partial charge in [0.15, 0.2) is 0 Å². The molecule has 0 aromatic rings. The lowest BCUT2D eigenvalue weighted by Crippen LogP contribution is -2.03. The zero-order valence-electron chi connectivity index (χ0n) is 6.59. The Kier molecular flexibility index (Phi) is 3.74. The van der Waals surface area contributed by atoms with Gasteiger partial charge in [-0.3, -0.25) is 0 Å². The minimum Gasteiger partial charge on any atom is -0.389 e. The Bertz CT molecular complexity index is 164. The van der Waals surface area contributed by atoms with Crippen molar-refractivity contribution in [3.05, 3.63) is 36.5 Å². The van der Waals surface area contributed by atoms with Crippen LogP contribution in [0.4, 0.5) is 0 Å². The van der Waals surface area contributed by atoms with E-state index in [-0.39, 0.29) is 0 Å². The van der Waals surface area contributed by atoms with Crippen LogP contribution < -0.4 is 0 Å².